The third-order valence-corrected chi connectivity index (χ3v) is 6.31. The number of carbonyl (C=O) groups excluding carboxylic acids is 1. The summed E-state index contributed by atoms with van der Waals surface area (Å²) in [5.41, 5.74) is 2.87. The molecule has 1 unspecified atom stereocenters. The molecule has 2 aromatic heterocycles. The van der Waals surface area contributed by atoms with Crippen molar-refractivity contribution in [2.75, 3.05) is 26.2 Å². The maximum Gasteiger partial charge on any atom is 0.330 e. The molecule has 9 nitrogen and oxygen atoms in total. The molecule has 1 aliphatic rings. The molecule has 4 aromatic rings. The molecule has 2 aromatic carbocycles. The number of imidazole rings is 1. The van der Waals surface area contributed by atoms with Crippen LogP contribution in [0, 0.1) is 6.92 Å². The Balaban J connectivity index is 1.21. The Labute approximate surface area is 196 Å². The molecule has 9 heteroatoms. The predicted molar refractivity (Wildman–Crippen MR) is 127 cm³/mol. The van der Waals surface area contributed by atoms with Gasteiger partial charge in [-0.3, -0.25) is 14.3 Å². The standard InChI is InChI=1S/C25H26N6O3/c1-17-16-26-25(33)31(17)21-10-8-20(9-11-21)24(32)30-14-12-29(13-15-30)18(2)23-27-22(28-34-23)19-6-4-3-5-7-19/h3-11,16,18H,12-15H2,1-2H3,(H,26,33). The van der Waals surface area contributed by atoms with E-state index < -0.39 is 0 Å². The van der Waals surface area contributed by atoms with E-state index in [4.69, 9.17) is 4.52 Å². The zero-order valence-electron chi connectivity index (χ0n) is 19.1. The first-order chi connectivity index (χ1) is 16.5. The van der Waals surface area contributed by atoms with Crippen LogP contribution in [0.1, 0.15) is 34.9 Å². The van der Waals surface area contributed by atoms with E-state index in [2.05, 4.69) is 20.0 Å². The lowest BCUT2D eigenvalue weighted by Gasteiger charge is -2.36. The molecule has 3 heterocycles. The minimum atomic E-state index is -0.195. The van der Waals surface area contributed by atoms with Crippen LogP contribution in [-0.4, -0.2) is 61.6 Å². The summed E-state index contributed by atoms with van der Waals surface area (Å²) in [6.07, 6.45) is 1.67. The minimum Gasteiger partial charge on any atom is -0.337 e. The number of nitrogens with zero attached hydrogens (tertiary/aromatic N) is 5. The summed E-state index contributed by atoms with van der Waals surface area (Å²) >= 11 is 0. The van der Waals surface area contributed by atoms with Crippen LogP contribution in [0.25, 0.3) is 17.1 Å². The largest absolute Gasteiger partial charge is 0.337 e. The van der Waals surface area contributed by atoms with Crippen molar-refractivity contribution in [2.24, 2.45) is 0 Å². The maximum absolute atomic E-state index is 13.0. The quantitative estimate of drug-likeness (QED) is 0.493. The van der Waals surface area contributed by atoms with Crippen molar-refractivity contribution in [1.29, 1.82) is 0 Å². The van der Waals surface area contributed by atoms with Crippen LogP contribution in [0.15, 0.2) is 70.1 Å². The molecule has 1 atom stereocenters. The molecule has 5 rings (SSSR count). The molecule has 0 radical (unpaired) electrons. The van der Waals surface area contributed by atoms with Crippen LogP contribution in [0.4, 0.5) is 0 Å². The predicted octanol–water partition coefficient (Wildman–Crippen LogP) is 3.04. The summed E-state index contributed by atoms with van der Waals surface area (Å²) < 4.78 is 7.11. The summed E-state index contributed by atoms with van der Waals surface area (Å²) in [5.74, 6) is 1.14. The van der Waals surface area contributed by atoms with Gasteiger partial charge in [-0.05, 0) is 38.1 Å². The van der Waals surface area contributed by atoms with E-state index in [1.165, 1.54) is 0 Å². The van der Waals surface area contributed by atoms with Crippen LogP contribution in [0.5, 0.6) is 0 Å². The molecule has 0 aliphatic carbocycles. The summed E-state index contributed by atoms with van der Waals surface area (Å²) in [6, 6.07) is 16.9. The van der Waals surface area contributed by atoms with Crippen molar-refractivity contribution in [2.45, 2.75) is 19.9 Å². The summed E-state index contributed by atoms with van der Waals surface area (Å²) in [6.45, 7) is 6.55. The lowest BCUT2D eigenvalue weighted by atomic mass is 10.1. The third kappa shape index (κ3) is 4.17. The number of hydrogen-bond acceptors (Lipinski definition) is 6. The zero-order chi connectivity index (χ0) is 23.7. The van der Waals surface area contributed by atoms with Gasteiger partial charge in [-0.1, -0.05) is 35.5 Å². The summed E-state index contributed by atoms with van der Waals surface area (Å²) in [5, 5.41) is 4.12. The smallest absolute Gasteiger partial charge is 0.330 e. The Hall–Kier alpha value is -3.98. The second-order valence-corrected chi connectivity index (χ2v) is 8.44. The topological polar surface area (TPSA) is 100 Å². The van der Waals surface area contributed by atoms with E-state index >= 15 is 0 Å². The highest BCUT2D eigenvalue weighted by molar-refractivity contribution is 5.94. The van der Waals surface area contributed by atoms with Gasteiger partial charge in [-0.25, -0.2) is 4.79 Å². The first-order valence-corrected chi connectivity index (χ1v) is 11.3. The number of hydrogen-bond donors (Lipinski definition) is 1. The number of nitrogens with one attached hydrogen (secondary N) is 1. The van der Waals surface area contributed by atoms with Crippen molar-refractivity contribution in [3.8, 4) is 17.1 Å². The molecule has 1 fully saturated rings. The fraction of sp³-hybridized carbons (Fsp3) is 0.280. The SMILES string of the molecule is Cc1c[nH]c(=O)n1-c1ccc(C(=O)N2CCN(C(C)c3nc(-c4ccccc4)no3)CC2)cc1. The van der Waals surface area contributed by atoms with E-state index in [-0.39, 0.29) is 17.6 Å². The van der Waals surface area contributed by atoms with Crippen LogP contribution in [0.3, 0.4) is 0 Å². The fourth-order valence-corrected chi connectivity index (χ4v) is 4.29. The molecular formula is C25H26N6O3. The third-order valence-electron chi connectivity index (χ3n) is 6.31. The van der Waals surface area contributed by atoms with Crippen LogP contribution < -0.4 is 5.69 Å². The number of H-pyrrole nitrogens is 1. The molecule has 1 aliphatic heterocycles. The second kappa shape index (κ2) is 9.11. The van der Waals surface area contributed by atoms with Crippen molar-refractivity contribution in [1.82, 2.24) is 29.5 Å². The molecule has 1 saturated heterocycles. The van der Waals surface area contributed by atoms with E-state index in [0.717, 1.165) is 16.9 Å². The highest BCUT2D eigenvalue weighted by atomic mass is 16.5. The first-order valence-electron chi connectivity index (χ1n) is 11.3. The van der Waals surface area contributed by atoms with Gasteiger partial charge in [0.25, 0.3) is 5.91 Å². The van der Waals surface area contributed by atoms with E-state index in [9.17, 15) is 9.59 Å². The lowest BCUT2D eigenvalue weighted by Crippen LogP contribution is -2.49. The van der Waals surface area contributed by atoms with Gasteiger partial charge in [0.1, 0.15) is 0 Å². The normalized spacial score (nSPS) is 15.4. The second-order valence-electron chi connectivity index (χ2n) is 8.44. The highest BCUT2D eigenvalue weighted by Gasteiger charge is 2.28. The number of aryl methyl sites for hydroxylation is 1. The monoisotopic (exact) mass is 458 g/mol. The van der Waals surface area contributed by atoms with Gasteiger partial charge >= 0.3 is 5.69 Å². The first kappa shape index (κ1) is 21.8. The number of piperazine rings is 1. The molecule has 1 amide bonds. The summed E-state index contributed by atoms with van der Waals surface area (Å²) in [4.78, 5) is 36.4. The lowest BCUT2D eigenvalue weighted by molar-refractivity contribution is 0.0551. The summed E-state index contributed by atoms with van der Waals surface area (Å²) in [7, 11) is 0. The van der Waals surface area contributed by atoms with E-state index in [1.807, 2.05) is 49.1 Å². The number of carbonyl (C=O) groups is 1. The maximum atomic E-state index is 13.0. The van der Waals surface area contributed by atoms with Gasteiger partial charge < -0.3 is 14.4 Å². The van der Waals surface area contributed by atoms with Gasteiger partial charge in [0, 0.05) is 49.2 Å². The van der Waals surface area contributed by atoms with Gasteiger partial charge in [0.15, 0.2) is 0 Å². The molecule has 0 saturated carbocycles. The van der Waals surface area contributed by atoms with Crippen LogP contribution >= 0.6 is 0 Å². The number of rotatable bonds is 5. The average Bonchev–Trinajstić information content (AvgIpc) is 3.51. The molecule has 34 heavy (non-hydrogen) atoms. The number of aromatic amines is 1. The van der Waals surface area contributed by atoms with Crippen molar-refractivity contribution in [3.05, 3.63) is 88.4 Å². The molecule has 0 spiro atoms. The average molecular weight is 459 g/mol. The van der Waals surface area contributed by atoms with Crippen LogP contribution in [-0.2, 0) is 0 Å². The van der Waals surface area contributed by atoms with Gasteiger partial charge in [0.05, 0.1) is 11.7 Å². The molecule has 0 bridgehead atoms. The molecule has 1 N–H and O–H groups in total. The Morgan fingerprint density at radius 2 is 1.74 bits per heavy atom. The van der Waals surface area contributed by atoms with Crippen LogP contribution in [0.2, 0.25) is 0 Å². The van der Waals surface area contributed by atoms with E-state index in [0.29, 0.717) is 43.5 Å². The van der Waals surface area contributed by atoms with Gasteiger partial charge in [-0.15, -0.1) is 0 Å². The van der Waals surface area contributed by atoms with Crippen molar-refractivity contribution < 1.29 is 9.32 Å². The molecular weight excluding hydrogens is 432 g/mol. The number of aromatic nitrogens is 4. The Kier molecular flexibility index (Phi) is 5.85. The van der Waals surface area contributed by atoms with Gasteiger partial charge in [0.2, 0.25) is 11.7 Å². The Morgan fingerprint density at radius 3 is 2.38 bits per heavy atom. The zero-order valence-corrected chi connectivity index (χ0v) is 19.1. The molecule has 174 valence electrons. The minimum absolute atomic E-state index is 0.0128. The number of amides is 1. The number of benzene rings is 2. The van der Waals surface area contributed by atoms with Crippen molar-refractivity contribution in [3.63, 3.8) is 0 Å². The Bertz CT molecular complexity index is 1330. The fourth-order valence-electron chi connectivity index (χ4n) is 4.29. The Morgan fingerprint density at radius 1 is 1.03 bits per heavy atom. The van der Waals surface area contributed by atoms with Gasteiger partial charge in [-0.2, -0.15) is 4.98 Å². The van der Waals surface area contributed by atoms with E-state index in [1.54, 1.807) is 35.0 Å². The van der Waals surface area contributed by atoms with Crippen molar-refractivity contribution >= 4 is 5.91 Å². The highest BCUT2D eigenvalue weighted by Crippen LogP contribution is 2.24.